The van der Waals surface area contributed by atoms with Gasteiger partial charge in [0, 0.05) is 7.05 Å². The van der Waals surface area contributed by atoms with E-state index in [0.717, 1.165) is 34.1 Å². The maximum Gasteiger partial charge on any atom is 0.153 e. The number of ether oxygens (including phenoxy) is 1. The molecule has 2 N–H and O–H groups in total. The molecule has 0 atom stereocenters. The number of nitrogens with two attached hydrogens (primary N) is 1. The summed E-state index contributed by atoms with van der Waals surface area (Å²) in [5.74, 6) is 2.09. The summed E-state index contributed by atoms with van der Waals surface area (Å²) in [5.41, 5.74) is 10.3. The minimum Gasteiger partial charge on any atom is -0.453 e. The largest absolute Gasteiger partial charge is 0.453 e. The summed E-state index contributed by atoms with van der Waals surface area (Å²) in [7, 11) is 2.03. The number of anilines is 3. The second kappa shape index (κ2) is 4.19. The normalized spacial score (nSPS) is 12.9. The zero-order valence-electron chi connectivity index (χ0n) is 11.5. The summed E-state index contributed by atoms with van der Waals surface area (Å²) < 4.78 is 5.94. The van der Waals surface area contributed by atoms with Gasteiger partial charge in [0.1, 0.15) is 5.69 Å². The fourth-order valence-corrected chi connectivity index (χ4v) is 2.59. The number of nitrogen functional groups attached to an aromatic ring is 1. The van der Waals surface area contributed by atoms with Crippen LogP contribution in [-0.2, 0) is 0 Å². The van der Waals surface area contributed by atoms with E-state index in [9.17, 15) is 0 Å². The number of benzene rings is 2. The molecule has 98 valence electrons. The summed E-state index contributed by atoms with van der Waals surface area (Å²) in [4.78, 5) is 2.11. The van der Waals surface area contributed by atoms with Crippen molar-refractivity contribution in [1.82, 2.24) is 0 Å². The Morgan fingerprint density at radius 2 is 1.79 bits per heavy atom. The Morgan fingerprint density at radius 1 is 1.05 bits per heavy atom. The first kappa shape index (κ1) is 11.9. The van der Waals surface area contributed by atoms with Gasteiger partial charge in [-0.2, -0.15) is 0 Å². The molecule has 1 aliphatic rings. The molecule has 0 amide bonds. The molecule has 3 rings (SSSR count). The van der Waals surface area contributed by atoms with Crippen LogP contribution in [0.2, 0.25) is 0 Å². The van der Waals surface area contributed by atoms with E-state index >= 15 is 0 Å². The van der Waals surface area contributed by atoms with Crippen molar-refractivity contribution in [2.75, 3.05) is 17.7 Å². The zero-order chi connectivity index (χ0) is 13.6. The summed E-state index contributed by atoms with van der Waals surface area (Å²) >= 11 is 0. The van der Waals surface area contributed by atoms with E-state index in [2.05, 4.69) is 24.8 Å². The van der Waals surface area contributed by atoms with E-state index in [4.69, 9.17) is 10.5 Å². The maximum absolute atomic E-state index is 6.33. The van der Waals surface area contributed by atoms with Gasteiger partial charge in [0.25, 0.3) is 0 Å². The van der Waals surface area contributed by atoms with Gasteiger partial charge in [0.2, 0.25) is 0 Å². The van der Waals surface area contributed by atoms with Crippen molar-refractivity contribution in [3.8, 4) is 11.5 Å². The average Bonchev–Trinajstić information content (AvgIpc) is 2.38. The molecule has 2 aromatic carbocycles. The Labute approximate surface area is 113 Å². The highest BCUT2D eigenvalue weighted by molar-refractivity contribution is 5.87. The quantitative estimate of drug-likeness (QED) is 0.772. The molecule has 0 fully saturated rings. The van der Waals surface area contributed by atoms with Crippen LogP contribution in [0.4, 0.5) is 17.1 Å². The van der Waals surface area contributed by atoms with E-state index in [1.807, 2.05) is 37.4 Å². The molecule has 0 spiro atoms. The number of hydrogen-bond acceptors (Lipinski definition) is 3. The highest BCUT2D eigenvalue weighted by atomic mass is 16.5. The second-order valence-corrected chi connectivity index (χ2v) is 5.20. The lowest BCUT2D eigenvalue weighted by atomic mass is 9.98. The Balaban J connectivity index is 2.19. The topological polar surface area (TPSA) is 38.5 Å². The molecule has 1 heterocycles. The minimum atomic E-state index is 0.399. The molecular weight excluding hydrogens is 236 g/mol. The molecule has 3 heteroatoms. The van der Waals surface area contributed by atoms with Gasteiger partial charge in [-0.05, 0) is 29.7 Å². The Hall–Kier alpha value is -2.16. The molecule has 0 saturated heterocycles. The number of nitrogens with zero attached hydrogens (tertiary/aromatic N) is 1. The Kier molecular flexibility index (Phi) is 2.63. The Bertz CT molecular complexity index is 635. The first-order valence-corrected chi connectivity index (χ1v) is 6.52. The monoisotopic (exact) mass is 254 g/mol. The van der Waals surface area contributed by atoms with Crippen molar-refractivity contribution < 1.29 is 4.74 Å². The third-order valence-corrected chi connectivity index (χ3v) is 3.62. The van der Waals surface area contributed by atoms with Crippen LogP contribution in [0.1, 0.15) is 25.3 Å². The summed E-state index contributed by atoms with van der Waals surface area (Å²) in [6.07, 6.45) is 0. The smallest absolute Gasteiger partial charge is 0.153 e. The molecule has 0 radical (unpaired) electrons. The summed E-state index contributed by atoms with van der Waals surface area (Å²) in [6, 6.07) is 12.1. The van der Waals surface area contributed by atoms with Crippen molar-refractivity contribution in [2.45, 2.75) is 19.8 Å². The van der Waals surface area contributed by atoms with Crippen molar-refractivity contribution in [3.05, 3.63) is 42.0 Å². The fraction of sp³-hybridized carbons (Fsp3) is 0.250. The molecule has 0 aromatic heterocycles. The van der Waals surface area contributed by atoms with Crippen molar-refractivity contribution >= 4 is 17.1 Å². The van der Waals surface area contributed by atoms with Crippen LogP contribution in [0.25, 0.3) is 0 Å². The van der Waals surface area contributed by atoms with Gasteiger partial charge in [-0.1, -0.05) is 32.0 Å². The van der Waals surface area contributed by atoms with Crippen LogP contribution in [0, 0.1) is 0 Å². The van der Waals surface area contributed by atoms with Gasteiger partial charge < -0.3 is 15.4 Å². The SMILES string of the molecule is CC(C)c1ccc2c(c1N)N(C)c1ccccc1O2. The number of fused-ring (bicyclic) bond motifs is 2. The molecule has 3 nitrogen and oxygen atoms in total. The predicted molar refractivity (Wildman–Crippen MR) is 79.5 cm³/mol. The summed E-state index contributed by atoms with van der Waals surface area (Å²) in [5, 5.41) is 0. The maximum atomic E-state index is 6.33. The predicted octanol–water partition coefficient (Wildman–Crippen LogP) is 4.27. The Morgan fingerprint density at radius 3 is 2.53 bits per heavy atom. The number of para-hydroxylation sites is 2. The standard InChI is InChI=1S/C16H18N2O/c1-10(2)11-8-9-14-16(15(11)17)18(3)12-6-4-5-7-13(12)19-14/h4-10H,17H2,1-3H3. The van der Waals surface area contributed by atoms with Crippen molar-refractivity contribution in [1.29, 1.82) is 0 Å². The van der Waals surface area contributed by atoms with Crippen LogP contribution < -0.4 is 15.4 Å². The summed E-state index contributed by atoms with van der Waals surface area (Å²) in [6.45, 7) is 4.30. The van der Waals surface area contributed by atoms with E-state index < -0.39 is 0 Å². The number of rotatable bonds is 1. The van der Waals surface area contributed by atoms with E-state index in [0.29, 0.717) is 5.92 Å². The lowest BCUT2D eigenvalue weighted by Gasteiger charge is -2.31. The molecule has 0 bridgehead atoms. The number of hydrogen-bond donors (Lipinski definition) is 1. The van der Waals surface area contributed by atoms with E-state index in [1.54, 1.807) is 0 Å². The third-order valence-electron chi connectivity index (χ3n) is 3.62. The van der Waals surface area contributed by atoms with Crippen molar-refractivity contribution in [2.24, 2.45) is 0 Å². The first-order valence-electron chi connectivity index (χ1n) is 6.52. The van der Waals surface area contributed by atoms with Gasteiger partial charge in [0.15, 0.2) is 11.5 Å². The van der Waals surface area contributed by atoms with Crippen LogP contribution in [0.3, 0.4) is 0 Å². The lowest BCUT2D eigenvalue weighted by Crippen LogP contribution is -2.18. The molecule has 2 aromatic rings. The van der Waals surface area contributed by atoms with Crippen LogP contribution in [0.15, 0.2) is 36.4 Å². The zero-order valence-corrected chi connectivity index (χ0v) is 11.5. The third kappa shape index (κ3) is 1.73. The highest BCUT2D eigenvalue weighted by Gasteiger charge is 2.25. The lowest BCUT2D eigenvalue weighted by molar-refractivity contribution is 0.475. The van der Waals surface area contributed by atoms with Gasteiger partial charge in [-0.3, -0.25) is 0 Å². The first-order chi connectivity index (χ1) is 9.09. The molecule has 0 aliphatic carbocycles. The molecule has 19 heavy (non-hydrogen) atoms. The van der Waals surface area contributed by atoms with Crippen LogP contribution in [0.5, 0.6) is 11.5 Å². The second-order valence-electron chi connectivity index (χ2n) is 5.20. The molecule has 0 unspecified atom stereocenters. The van der Waals surface area contributed by atoms with Gasteiger partial charge in [-0.25, -0.2) is 0 Å². The van der Waals surface area contributed by atoms with Gasteiger partial charge >= 0.3 is 0 Å². The van der Waals surface area contributed by atoms with Crippen LogP contribution in [-0.4, -0.2) is 7.05 Å². The van der Waals surface area contributed by atoms with Gasteiger partial charge in [-0.15, -0.1) is 0 Å². The fourth-order valence-electron chi connectivity index (χ4n) is 2.59. The molecule has 1 aliphatic heterocycles. The average molecular weight is 254 g/mol. The van der Waals surface area contributed by atoms with E-state index in [-0.39, 0.29) is 0 Å². The van der Waals surface area contributed by atoms with Gasteiger partial charge in [0.05, 0.1) is 11.4 Å². The highest BCUT2D eigenvalue weighted by Crippen LogP contribution is 2.49. The molecular formula is C16H18N2O. The van der Waals surface area contributed by atoms with Crippen LogP contribution >= 0.6 is 0 Å². The van der Waals surface area contributed by atoms with E-state index in [1.165, 1.54) is 0 Å². The van der Waals surface area contributed by atoms with Crippen molar-refractivity contribution in [3.63, 3.8) is 0 Å². The minimum absolute atomic E-state index is 0.399. The molecule has 0 saturated carbocycles.